The van der Waals surface area contributed by atoms with Crippen molar-refractivity contribution in [1.82, 2.24) is 4.98 Å². The number of nitrogens with zero attached hydrogens (tertiary/aromatic N) is 2. The van der Waals surface area contributed by atoms with Gasteiger partial charge in [-0.3, -0.25) is 14.5 Å². The molecule has 1 amide bonds. The second-order valence-corrected chi connectivity index (χ2v) is 8.49. The zero-order valence-corrected chi connectivity index (χ0v) is 16.6. The first-order valence-electron chi connectivity index (χ1n) is 8.43. The Hall–Kier alpha value is -2.84. The van der Waals surface area contributed by atoms with Gasteiger partial charge in [0.15, 0.2) is 5.13 Å². The van der Waals surface area contributed by atoms with Crippen LogP contribution in [0.25, 0.3) is 5.76 Å². The molecule has 1 aliphatic rings. The highest BCUT2D eigenvalue weighted by atomic mass is 32.1. The number of benzene rings is 1. The van der Waals surface area contributed by atoms with Crippen LogP contribution in [-0.2, 0) is 9.59 Å². The third kappa shape index (κ3) is 2.94. The second-order valence-electron chi connectivity index (χ2n) is 6.33. The van der Waals surface area contributed by atoms with E-state index in [1.54, 1.807) is 6.07 Å². The lowest BCUT2D eigenvalue weighted by Gasteiger charge is -2.21. The molecule has 0 spiro atoms. The van der Waals surface area contributed by atoms with Gasteiger partial charge in [0.1, 0.15) is 17.6 Å². The van der Waals surface area contributed by atoms with Gasteiger partial charge in [0, 0.05) is 15.3 Å². The number of aromatic nitrogens is 1. The first kappa shape index (κ1) is 18.5. The number of Topliss-reactive ketones (excluding diaryl/α,β-unsaturated/α-hetero) is 1. The Labute approximate surface area is 168 Å². The van der Waals surface area contributed by atoms with Crippen LogP contribution in [0.3, 0.4) is 0 Å². The van der Waals surface area contributed by atoms with Gasteiger partial charge in [-0.25, -0.2) is 9.37 Å². The van der Waals surface area contributed by atoms with Crippen molar-refractivity contribution in [3.63, 3.8) is 0 Å². The zero-order valence-electron chi connectivity index (χ0n) is 15.0. The summed E-state index contributed by atoms with van der Waals surface area (Å²) in [5.74, 6) is -2.31. The molecule has 1 atom stereocenters. The number of thiazole rings is 1. The SMILES string of the molecule is Cc1nc(N2C(=O)C(=O)C(=C(O)c3ccc(F)cc3)[C@@H]2c2cccs2)sc1C. The number of carbonyl (C=O) groups is 2. The number of amides is 1. The molecular weight excluding hydrogens is 399 g/mol. The number of anilines is 1. The van der Waals surface area contributed by atoms with E-state index in [2.05, 4.69) is 4.98 Å². The van der Waals surface area contributed by atoms with Crippen molar-refractivity contribution in [2.24, 2.45) is 0 Å². The third-order valence-corrected chi connectivity index (χ3v) is 6.59. The predicted octanol–water partition coefficient (Wildman–Crippen LogP) is 4.59. The van der Waals surface area contributed by atoms with E-state index in [4.69, 9.17) is 0 Å². The number of carbonyl (C=O) groups excluding carboxylic acids is 2. The molecule has 1 N–H and O–H groups in total. The highest BCUT2D eigenvalue weighted by molar-refractivity contribution is 7.16. The van der Waals surface area contributed by atoms with E-state index >= 15 is 0 Å². The zero-order chi connectivity index (χ0) is 20.0. The standard InChI is InChI=1S/C20H15FN2O3S2/c1-10-11(2)28-20(22-10)23-16(14-4-3-9-27-14)15(18(25)19(23)26)17(24)12-5-7-13(21)8-6-12/h3-9,16,24H,1-2H3/t16-/m0/s1. The van der Waals surface area contributed by atoms with Crippen LogP contribution >= 0.6 is 22.7 Å². The third-order valence-electron chi connectivity index (χ3n) is 4.60. The molecule has 1 aliphatic heterocycles. The van der Waals surface area contributed by atoms with E-state index in [0.717, 1.165) is 15.4 Å². The monoisotopic (exact) mass is 414 g/mol. The summed E-state index contributed by atoms with van der Waals surface area (Å²) in [5.41, 5.74) is 1.03. The minimum absolute atomic E-state index is 0.0236. The van der Waals surface area contributed by atoms with Gasteiger partial charge in [0.25, 0.3) is 5.78 Å². The fourth-order valence-electron chi connectivity index (χ4n) is 3.07. The minimum Gasteiger partial charge on any atom is -0.507 e. The summed E-state index contributed by atoms with van der Waals surface area (Å²) in [7, 11) is 0. The Kier molecular flexibility index (Phi) is 4.60. The lowest BCUT2D eigenvalue weighted by atomic mass is 10.00. The highest BCUT2D eigenvalue weighted by Crippen LogP contribution is 2.44. The maximum absolute atomic E-state index is 13.3. The topological polar surface area (TPSA) is 70.5 Å². The van der Waals surface area contributed by atoms with Crippen LogP contribution in [0.1, 0.15) is 27.1 Å². The van der Waals surface area contributed by atoms with Crippen molar-refractivity contribution in [2.75, 3.05) is 4.90 Å². The van der Waals surface area contributed by atoms with Crippen LogP contribution in [0.2, 0.25) is 0 Å². The molecule has 3 heterocycles. The van der Waals surface area contributed by atoms with Crippen molar-refractivity contribution in [2.45, 2.75) is 19.9 Å². The summed E-state index contributed by atoms with van der Waals surface area (Å²) in [6.45, 7) is 3.73. The van der Waals surface area contributed by atoms with E-state index in [-0.39, 0.29) is 16.9 Å². The van der Waals surface area contributed by atoms with E-state index in [9.17, 15) is 19.1 Å². The van der Waals surface area contributed by atoms with Crippen LogP contribution in [0.5, 0.6) is 0 Å². The molecule has 1 aromatic carbocycles. The first-order chi connectivity index (χ1) is 13.4. The number of hydrogen-bond acceptors (Lipinski definition) is 6. The molecule has 0 aliphatic carbocycles. The minimum atomic E-state index is -0.786. The number of ketones is 1. The number of hydrogen-bond donors (Lipinski definition) is 1. The Balaban J connectivity index is 1.92. The van der Waals surface area contributed by atoms with Crippen molar-refractivity contribution >= 4 is 45.3 Å². The molecule has 0 unspecified atom stereocenters. The molecule has 1 fully saturated rings. The molecule has 0 saturated carbocycles. The number of thiophene rings is 1. The van der Waals surface area contributed by atoms with Gasteiger partial charge < -0.3 is 5.11 Å². The van der Waals surface area contributed by atoms with E-state index in [1.165, 1.54) is 51.8 Å². The molecule has 5 nitrogen and oxygen atoms in total. The second kappa shape index (κ2) is 6.96. The molecule has 2 aromatic heterocycles. The van der Waals surface area contributed by atoms with E-state index in [0.29, 0.717) is 5.13 Å². The average molecular weight is 414 g/mol. The van der Waals surface area contributed by atoms with Crippen LogP contribution in [0.15, 0.2) is 47.4 Å². The maximum atomic E-state index is 13.3. The quantitative estimate of drug-likeness (QED) is 0.387. The number of rotatable bonds is 3. The van der Waals surface area contributed by atoms with Crippen molar-refractivity contribution < 1.29 is 19.1 Å². The molecule has 8 heteroatoms. The summed E-state index contributed by atoms with van der Waals surface area (Å²) in [6.07, 6.45) is 0. The molecule has 0 bridgehead atoms. The van der Waals surface area contributed by atoms with Crippen molar-refractivity contribution in [3.05, 3.63) is 74.2 Å². The largest absolute Gasteiger partial charge is 0.507 e. The molecular formula is C20H15FN2O3S2. The number of aliphatic hydroxyl groups excluding tert-OH is 1. The molecule has 28 heavy (non-hydrogen) atoms. The maximum Gasteiger partial charge on any atom is 0.301 e. The number of halogens is 1. The fourth-order valence-corrected chi connectivity index (χ4v) is 4.83. The van der Waals surface area contributed by atoms with E-state index < -0.39 is 23.5 Å². The van der Waals surface area contributed by atoms with Gasteiger partial charge in [-0.1, -0.05) is 6.07 Å². The number of aliphatic hydroxyl groups is 1. The average Bonchev–Trinajstić information content (AvgIpc) is 3.36. The van der Waals surface area contributed by atoms with Gasteiger partial charge in [-0.2, -0.15) is 0 Å². The smallest absolute Gasteiger partial charge is 0.301 e. The summed E-state index contributed by atoms with van der Waals surface area (Å²) in [5, 5.41) is 13.1. The lowest BCUT2D eigenvalue weighted by Crippen LogP contribution is -2.29. The normalized spacial score (nSPS) is 18.8. The summed E-state index contributed by atoms with van der Waals surface area (Å²) < 4.78 is 13.3. The summed E-state index contributed by atoms with van der Waals surface area (Å²) in [6, 6.07) is 7.98. The van der Waals surface area contributed by atoms with Gasteiger partial charge in [0.05, 0.1) is 11.3 Å². The van der Waals surface area contributed by atoms with Gasteiger partial charge >= 0.3 is 5.91 Å². The van der Waals surface area contributed by atoms with Gasteiger partial charge in [-0.15, -0.1) is 22.7 Å². The molecule has 3 aromatic rings. The molecule has 142 valence electrons. The molecule has 1 saturated heterocycles. The highest BCUT2D eigenvalue weighted by Gasteiger charge is 2.48. The van der Waals surface area contributed by atoms with Crippen LogP contribution in [0.4, 0.5) is 9.52 Å². The van der Waals surface area contributed by atoms with Gasteiger partial charge in [0.2, 0.25) is 0 Å². The Morgan fingerprint density at radius 2 is 1.89 bits per heavy atom. The van der Waals surface area contributed by atoms with Crippen LogP contribution in [-0.4, -0.2) is 21.8 Å². The van der Waals surface area contributed by atoms with Crippen LogP contribution < -0.4 is 4.90 Å². The fraction of sp³-hybridized carbons (Fsp3) is 0.150. The predicted molar refractivity (Wildman–Crippen MR) is 107 cm³/mol. The first-order valence-corrected chi connectivity index (χ1v) is 10.1. The Morgan fingerprint density at radius 1 is 1.18 bits per heavy atom. The molecule has 0 radical (unpaired) electrons. The van der Waals surface area contributed by atoms with Crippen LogP contribution in [0, 0.1) is 19.7 Å². The Bertz CT molecular complexity index is 1080. The summed E-state index contributed by atoms with van der Waals surface area (Å²) >= 11 is 2.70. The van der Waals surface area contributed by atoms with Gasteiger partial charge in [-0.05, 0) is 49.6 Å². The van der Waals surface area contributed by atoms with E-state index in [1.807, 2.05) is 25.3 Å². The van der Waals surface area contributed by atoms with Crippen molar-refractivity contribution in [1.29, 1.82) is 0 Å². The summed E-state index contributed by atoms with van der Waals surface area (Å²) in [4.78, 5) is 33.2. The molecule has 4 rings (SSSR count). The Morgan fingerprint density at radius 3 is 2.46 bits per heavy atom. The van der Waals surface area contributed by atoms with Crippen molar-refractivity contribution in [3.8, 4) is 0 Å². The number of aryl methyl sites for hydroxylation is 2. The lowest BCUT2D eigenvalue weighted by molar-refractivity contribution is -0.132.